The molecule has 26 heavy (non-hydrogen) atoms. The number of hydrogen-bond donors (Lipinski definition) is 2. The van der Waals surface area contributed by atoms with Crippen LogP contribution in [0, 0.1) is 20.8 Å². The second kappa shape index (κ2) is 7.54. The number of aromatic nitrogens is 2. The SMILES string of the molecule is Cc1cccc(NC(=O)c2cc(C)nc(Nc3cc(Cl)ccc3C)n2)c1. The van der Waals surface area contributed by atoms with Gasteiger partial charge in [0.2, 0.25) is 5.95 Å². The smallest absolute Gasteiger partial charge is 0.274 e. The summed E-state index contributed by atoms with van der Waals surface area (Å²) in [5, 5.41) is 6.61. The second-order valence-corrected chi connectivity index (χ2v) is 6.56. The molecule has 5 nitrogen and oxygen atoms in total. The molecule has 0 spiro atoms. The van der Waals surface area contributed by atoms with Gasteiger partial charge in [-0.25, -0.2) is 9.97 Å². The van der Waals surface area contributed by atoms with Crippen LogP contribution in [-0.4, -0.2) is 15.9 Å². The first-order valence-electron chi connectivity index (χ1n) is 8.17. The van der Waals surface area contributed by atoms with Gasteiger partial charge in [-0.05, 0) is 62.2 Å². The van der Waals surface area contributed by atoms with Crippen molar-refractivity contribution in [2.75, 3.05) is 10.6 Å². The fourth-order valence-electron chi connectivity index (χ4n) is 2.51. The highest BCUT2D eigenvalue weighted by molar-refractivity contribution is 6.30. The van der Waals surface area contributed by atoms with Crippen molar-refractivity contribution in [2.24, 2.45) is 0 Å². The van der Waals surface area contributed by atoms with Crippen molar-refractivity contribution in [3.63, 3.8) is 0 Å². The van der Waals surface area contributed by atoms with Gasteiger partial charge in [0.25, 0.3) is 5.91 Å². The van der Waals surface area contributed by atoms with Crippen LogP contribution in [0.25, 0.3) is 0 Å². The van der Waals surface area contributed by atoms with E-state index in [1.807, 2.05) is 57.2 Å². The van der Waals surface area contributed by atoms with E-state index in [1.54, 1.807) is 12.1 Å². The number of nitrogens with one attached hydrogen (secondary N) is 2. The highest BCUT2D eigenvalue weighted by Crippen LogP contribution is 2.23. The second-order valence-electron chi connectivity index (χ2n) is 6.13. The van der Waals surface area contributed by atoms with Gasteiger partial charge in [-0.3, -0.25) is 4.79 Å². The summed E-state index contributed by atoms with van der Waals surface area (Å²) in [7, 11) is 0. The number of amides is 1. The predicted molar refractivity (Wildman–Crippen MR) is 105 cm³/mol. The topological polar surface area (TPSA) is 66.9 Å². The Morgan fingerprint density at radius 1 is 1.00 bits per heavy atom. The number of halogens is 1. The molecule has 6 heteroatoms. The van der Waals surface area contributed by atoms with Gasteiger partial charge in [0, 0.05) is 22.1 Å². The summed E-state index contributed by atoms with van der Waals surface area (Å²) in [6, 6.07) is 14.8. The average molecular weight is 367 g/mol. The fraction of sp³-hybridized carbons (Fsp3) is 0.150. The van der Waals surface area contributed by atoms with Crippen molar-refractivity contribution < 1.29 is 4.79 Å². The van der Waals surface area contributed by atoms with E-state index >= 15 is 0 Å². The summed E-state index contributed by atoms with van der Waals surface area (Å²) < 4.78 is 0. The molecule has 132 valence electrons. The molecule has 2 aromatic carbocycles. The lowest BCUT2D eigenvalue weighted by Gasteiger charge is -2.11. The van der Waals surface area contributed by atoms with Crippen LogP contribution in [0.4, 0.5) is 17.3 Å². The lowest BCUT2D eigenvalue weighted by molar-refractivity contribution is 0.102. The fourth-order valence-corrected chi connectivity index (χ4v) is 2.68. The largest absolute Gasteiger partial charge is 0.324 e. The van der Waals surface area contributed by atoms with E-state index in [2.05, 4.69) is 20.6 Å². The standard InChI is InChI=1S/C20H19ClN4O/c1-12-5-4-6-16(9-12)23-19(26)18-10-14(3)22-20(25-18)24-17-11-15(21)8-7-13(17)2/h4-11H,1-3H3,(H,23,26)(H,22,24,25). The van der Waals surface area contributed by atoms with E-state index in [1.165, 1.54) is 0 Å². The molecule has 0 saturated carbocycles. The van der Waals surface area contributed by atoms with Crippen LogP contribution < -0.4 is 10.6 Å². The van der Waals surface area contributed by atoms with E-state index < -0.39 is 0 Å². The maximum Gasteiger partial charge on any atom is 0.274 e. The van der Waals surface area contributed by atoms with Gasteiger partial charge >= 0.3 is 0 Å². The molecule has 0 aliphatic heterocycles. The van der Waals surface area contributed by atoms with Crippen molar-refractivity contribution in [1.29, 1.82) is 0 Å². The monoisotopic (exact) mass is 366 g/mol. The van der Waals surface area contributed by atoms with Gasteiger partial charge in [0.15, 0.2) is 0 Å². The minimum absolute atomic E-state index is 0.285. The van der Waals surface area contributed by atoms with Crippen LogP contribution in [0.5, 0.6) is 0 Å². The first kappa shape index (κ1) is 17.9. The third-order valence-electron chi connectivity index (χ3n) is 3.81. The number of aryl methyl sites for hydroxylation is 3. The van der Waals surface area contributed by atoms with Crippen molar-refractivity contribution >= 4 is 34.8 Å². The summed E-state index contributed by atoms with van der Waals surface area (Å²) in [6.07, 6.45) is 0. The van der Waals surface area contributed by atoms with Crippen LogP contribution in [0.2, 0.25) is 5.02 Å². The van der Waals surface area contributed by atoms with Gasteiger partial charge in [0.05, 0.1) is 0 Å². The summed E-state index contributed by atoms with van der Waals surface area (Å²) in [4.78, 5) is 21.3. The Morgan fingerprint density at radius 3 is 2.58 bits per heavy atom. The molecule has 0 bridgehead atoms. The maximum absolute atomic E-state index is 12.6. The lowest BCUT2D eigenvalue weighted by Crippen LogP contribution is -2.15. The Hall–Kier alpha value is -2.92. The third kappa shape index (κ3) is 4.37. The minimum Gasteiger partial charge on any atom is -0.324 e. The number of carbonyl (C=O) groups excluding carboxylic acids is 1. The number of hydrogen-bond acceptors (Lipinski definition) is 4. The van der Waals surface area contributed by atoms with Crippen LogP contribution in [0.1, 0.15) is 27.3 Å². The predicted octanol–water partition coefficient (Wildman–Crippen LogP) is 5.05. The van der Waals surface area contributed by atoms with E-state index in [-0.39, 0.29) is 5.91 Å². The average Bonchev–Trinajstić information content (AvgIpc) is 2.57. The highest BCUT2D eigenvalue weighted by Gasteiger charge is 2.12. The Bertz CT molecular complexity index is 972. The number of anilines is 3. The number of nitrogens with zero attached hydrogens (tertiary/aromatic N) is 2. The van der Waals surface area contributed by atoms with Gasteiger partial charge < -0.3 is 10.6 Å². The van der Waals surface area contributed by atoms with E-state index in [0.717, 1.165) is 22.5 Å². The summed E-state index contributed by atoms with van der Waals surface area (Å²) in [6.45, 7) is 5.75. The molecule has 1 aromatic heterocycles. The van der Waals surface area contributed by atoms with Crippen LogP contribution in [0.15, 0.2) is 48.5 Å². The summed E-state index contributed by atoms with van der Waals surface area (Å²) >= 11 is 6.05. The molecular formula is C20H19ClN4O. The van der Waals surface area contributed by atoms with Crippen molar-refractivity contribution in [2.45, 2.75) is 20.8 Å². The Morgan fingerprint density at radius 2 is 1.81 bits per heavy atom. The molecule has 0 unspecified atom stereocenters. The molecule has 1 amide bonds. The Labute approximate surface area is 157 Å². The van der Waals surface area contributed by atoms with Gasteiger partial charge in [-0.1, -0.05) is 29.8 Å². The molecule has 0 fully saturated rings. The minimum atomic E-state index is -0.285. The molecule has 0 saturated heterocycles. The lowest BCUT2D eigenvalue weighted by atomic mass is 10.2. The zero-order valence-electron chi connectivity index (χ0n) is 14.8. The summed E-state index contributed by atoms with van der Waals surface area (Å²) in [5.41, 5.74) is 4.59. The van der Waals surface area contributed by atoms with Crippen LogP contribution in [0.3, 0.4) is 0 Å². The number of carbonyl (C=O) groups is 1. The molecule has 0 atom stereocenters. The third-order valence-corrected chi connectivity index (χ3v) is 4.04. The molecule has 1 heterocycles. The van der Waals surface area contributed by atoms with Gasteiger partial charge in [-0.2, -0.15) is 0 Å². The van der Waals surface area contributed by atoms with Crippen LogP contribution in [-0.2, 0) is 0 Å². The molecule has 2 N–H and O–H groups in total. The maximum atomic E-state index is 12.6. The van der Waals surface area contributed by atoms with Crippen molar-refractivity contribution in [3.8, 4) is 0 Å². The Balaban J connectivity index is 1.85. The first-order chi connectivity index (χ1) is 12.4. The van der Waals surface area contributed by atoms with Gasteiger partial charge in [0.1, 0.15) is 5.69 Å². The van der Waals surface area contributed by atoms with E-state index in [9.17, 15) is 4.79 Å². The summed E-state index contributed by atoms with van der Waals surface area (Å²) in [5.74, 6) is 0.0664. The quantitative estimate of drug-likeness (QED) is 0.678. The zero-order chi connectivity index (χ0) is 18.7. The van der Waals surface area contributed by atoms with Crippen LogP contribution >= 0.6 is 11.6 Å². The molecule has 0 aliphatic carbocycles. The normalized spacial score (nSPS) is 10.5. The number of rotatable bonds is 4. The molecule has 3 aromatic rings. The Kier molecular flexibility index (Phi) is 5.19. The first-order valence-corrected chi connectivity index (χ1v) is 8.55. The highest BCUT2D eigenvalue weighted by atomic mass is 35.5. The zero-order valence-corrected chi connectivity index (χ0v) is 15.6. The van der Waals surface area contributed by atoms with Gasteiger partial charge in [-0.15, -0.1) is 0 Å². The van der Waals surface area contributed by atoms with Crippen molar-refractivity contribution in [3.05, 3.63) is 76.1 Å². The molecule has 0 radical (unpaired) electrons. The van der Waals surface area contributed by atoms with Crippen molar-refractivity contribution in [1.82, 2.24) is 9.97 Å². The van der Waals surface area contributed by atoms with E-state index in [4.69, 9.17) is 11.6 Å². The molecule has 3 rings (SSSR count). The number of benzene rings is 2. The van der Waals surface area contributed by atoms with E-state index in [0.29, 0.717) is 22.4 Å². The molecule has 0 aliphatic rings. The molecular weight excluding hydrogens is 348 g/mol.